The molecule has 0 bridgehead atoms. The number of rotatable bonds is 8. The van der Waals surface area contributed by atoms with Gasteiger partial charge in [-0.25, -0.2) is 4.79 Å². The highest BCUT2D eigenvalue weighted by Crippen LogP contribution is 2.15. The standard InChI is InChI=1S/C27H23BrN4O4/c1-2-14-31-26(35)22-13-8-19(25(34)29-16-18-6-4-3-5-7-18)15-23(22)32(27(31)36)17-24(33)30-21-11-9-20(28)10-12-21/h2-13,15H,1,14,16-17H2,(H,29,34)(H,30,33). The molecule has 9 heteroatoms. The Hall–Kier alpha value is -4.24. The molecule has 0 fully saturated rings. The van der Waals surface area contributed by atoms with Gasteiger partial charge in [0.05, 0.1) is 10.9 Å². The maximum absolute atomic E-state index is 13.2. The van der Waals surface area contributed by atoms with Gasteiger partial charge in [-0.1, -0.05) is 52.3 Å². The van der Waals surface area contributed by atoms with E-state index < -0.39 is 17.2 Å². The number of nitrogens with zero attached hydrogens (tertiary/aromatic N) is 2. The summed E-state index contributed by atoms with van der Waals surface area (Å²) >= 11 is 3.34. The Balaban J connectivity index is 1.70. The smallest absolute Gasteiger partial charge is 0.332 e. The van der Waals surface area contributed by atoms with Gasteiger partial charge in [-0.3, -0.25) is 23.5 Å². The molecule has 0 radical (unpaired) electrons. The second-order valence-electron chi connectivity index (χ2n) is 8.03. The Morgan fingerprint density at radius 1 is 0.944 bits per heavy atom. The summed E-state index contributed by atoms with van der Waals surface area (Å²) in [6, 6.07) is 20.9. The highest BCUT2D eigenvalue weighted by Gasteiger charge is 2.17. The van der Waals surface area contributed by atoms with Gasteiger partial charge < -0.3 is 10.6 Å². The fourth-order valence-electron chi connectivity index (χ4n) is 3.76. The first kappa shape index (κ1) is 24.9. The number of benzene rings is 3. The van der Waals surface area contributed by atoms with Crippen LogP contribution in [0.5, 0.6) is 0 Å². The van der Waals surface area contributed by atoms with Crippen molar-refractivity contribution in [3.8, 4) is 0 Å². The fraction of sp³-hybridized carbons (Fsp3) is 0.111. The predicted molar refractivity (Wildman–Crippen MR) is 143 cm³/mol. The molecule has 4 aromatic rings. The van der Waals surface area contributed by atoms with Crippen LogP contribution in [-0.2, 0) is 24.4 Å². The third kappa shape index (κ3) is 5.52. The van der Waals surface area contributed by atoms with Crippen LogP contribution in [0.4, 0.5) is 5.69 Å². The molecule has 0 aliphatic carbocycles. The zero-order chi connectivity index (χ0) is 25.7. The molecule has 0 aliphatic rings. The minimum Gasteiger partial charge on any atom is -0.348 e. The van der Waals surface area contributed by atoms with Crippen molar-refractivity contribution in [3.63, 3.8) is 0 Å². The number of carbonyl (C=O) groups excluding carboxylic acids is 2. The van der Waals surface area contributed by atoms with Crippen LogP contribution in [-0.4, -0.2) is 20.9 Å². The van der Waals surface area contributed by atoms with E-state index in [4.69, 9.17) is 0 Å². The summed E-state index contributed by atoms with van der Waals surface area (Å²) in [7, 11) is 0. The summed E-state index contributed by atoms with van der Waals surface area (Å²) in [5.41, 5.74) is 0.765. The second kappa shape index (κ2) is 11.0. The largest absolute Gasteiger partial charge is 0.348 e. The number of aromatic nitrogens is 2. The van der Waals surface area contributed by atoms with E-state index in [0.717, 1.165) is 14.6 Å². The van der Waals surface area contributed by atoms with Crippen molar-refractivity contribution in [2.45, 2.75) is 19.6 Å². The summed E-state index contributed by atoms with van der Waals surface area (Å²) in [5.74, 6) is -0.821. The second-order valence-corrected chi connectivity index (χ2v) is 8.94. The third-order valence-corrected chi connectivity index (χ3v) is 6.05. The maximum atomic E-state index is 13.2. The highest BCUT2D eigenvalue weighted by molar-refractivity contribution is 9.10. The Kier molecular flexibility index (Phi) is 7.60. The topological polar surface area (TPSA) is 102 Å². The molecule has 0 aliphatic heterocycles. The molecule has 182 valence electrons. The van der Waals surface area contributed by atoms with Crippen LogP contribution in [0.15, 0.2) is 99.5 Å². The molecule has 1 aromatic heterocycles. The van der Waals surface area contributed by atoms with Crippen LogP contribution in [0, 0.1) is 0 Å². The summed E-state index contributed by atoms with van der Waals surface area (Å²) in [6.07, 6.45) is 1.44. The van der Waals surface area contributed by atoms with Crippen LogP contribution in [0.2, 0.25) is 0 Å². The van der Waals surface area contributed by atoms with Crippen molar-refractivity contribution in [3.05, 3.63) is 122 Å². The minimum atomic E-state index is -0.666. The Labute approximate surface area is 215 Å². The van der Waals surface area contributed by atoms with E-state index in [-0.39, 0.29) is 35.5 Å². The number of amides is 2. The van der Waals surface area contributed by atoms with E-state index in [1.54, 1.807) is 24.3 Å². The van der Waals surface area contributed by atoms with E-state index >= 15 is 0 Å². The lowest BCUT2D eigenvalue weighted by molar-refractivity contribution is -0.116. The van der Waals surface area contributed by atoms with E-state index in [1.807, 2.05) is 30.3 Å². The van der Waals surface area contributed by atoms with Gasteiger partial charge in [0.15, 0.2) is 0 Å². The summed E-state index contributed by atoms with van der Waals surface area (Å²) < 4.78 is 3.07. The van der Waals surface area contributed by atoms with Crippen molar-refractivity contribution in [1.82, 2.24) is 14.5 Å². The number of hydrogen-bond donors (Lipinski definition) is 2. The van der Waals surface area contributed by atoms with Gasteiger partial charge in [-0.15, -0.1) is 6.58 Å². The van der Waals surface area contributed by atoms with Crippen molar-refractivity contribution < 1.29 is 9.59 Å². The number of anilines is 1. The number of hydrogen-bond acceptors (Lipinski definition) is 4. The molecule has 0 saturated carbocycles. The molecule has 3 aromatic carbocycles. The molecule has 4 rings (SSSR count). The number of fused-ring (bicyclic) bond motifs is 1. The fourth-order valence-corrected chi connectivity index (χ4v) is 4.02. The van der Waals surface area contributed by atoms with Crippen LogP contribution >= 0.6 is 15.9 Å². The number of allylic oxidation sites excluding steroid dienone is 1. The first-order valence-corrected chi connectivity index (χ1v) is 11.9. The third-order valence-electron chi connectivity index (χ3n) is 5.53. The lowest BCUT2D eigenvalue weighted by Crippen LogP contribution is -2.41. The van der Waals surface area contributed by atoms with E-state index in [2.05, 4.69) is 33.1 Å². The lowest BCUT2D eigenvalue weighted by atomic mass is 10.1. The first-order chi connectivity index (χ1) is 17.4. The normalized spacial score (nSPS) is 10.7. The van der Waals surface area contributed by atoms with Crippen LogP contribution in [0.3, 0.4) is 0 Å². The van der Waals surface area contributed by atoms with Gasteiger partial charge >= 0.3 is 5.69 Å². The summed E-state index contributed by atoms with van der Waals surface area (Å²) in [6.45, 7) is 3.57. The molecule has 2 amide bonds. The van der Waals surface area contributed by atoms with Crippen LogP contribution < -0.4 is 21.9 Å². The van der Waals surface area contributed by atoms with Gasteiger partial charge in [0, 0.05) is 28.8 Å². The SMILES string of the molecule is C=CCn1c(=O)c2ccc(C(=O)NCc3ccccc3)cc2n(CC(=O)Nc2ccc(Br)cc2)c1=O. The molecule has 1 heterocycles. The first-order valence-electron chi connectivity index (χ1n) is 11.1. The van der Waals surface area contributed by atoms with Crippen LogP contribution in [0.25, 0.3) is 10.9 Å². The molecule has 0 spiro atoms. The Morgan fingerprint density at radius 2 is 1.67 bits per heavy atom. The van der Waals surface area contributed by atoms with Crippen LogP contribution in [0.1, 0.15) is 15.9 Å². The molecular formula is C27H23BrN4O4. The molecule has 8 nitrogen and oxygen atoms in total. The predicted octanol–water partition coefficient (Wildman–Crippen LogP) is 3.68. The molecule has 36 heavy (non-hydrogen) atoms. The zero-order valence-corrected chi connectivity index (χ0v) is 20.8. The molecule has 0 atom stereocenters. The molecule has 2 N–H and O–H groups in total. The van der Waals surface area contributed by atoms with Gasteiger partial charge in [-0.2, -0.15) is 0 Å². The van der Waals surface area contributed by atoms with Crippen molar-refractivity contribution in [2.24, 2.45) is 0 Å². The van der Waals surface area contributed by atoms with Gasteiger partial charge in [0.2, 0.25) is 5.91 Å². The van der Waals surface area contributed by atoms with E-state index in [0.29, 0.717) is 12.2 Å². The Bertz CT molecular complexity index is 1560. The average molecular weight is 547 g/mol. The number of halogens is 1. The summed E-state index contributed by atoms with van der Waals surface area (Å²) in [4.78, 5) is 51.8. The van der Waals surface area contributed by atoms with Crippen molar-refractivity contribution in [2.75, 3.05) is 5.32 Å². The monoisotopic (exact) mass is 546 g/mol. The van der Waals surface area contributed by atoms with Crippen molar-refractivity contribution >= 4 is 44.3 Å². The van der Waals surface area contributed by atoms with E-state index in [1.165, 1.54) is 28.8 Å². The van der Waals surface area contributed by atoms with Crippen molar-refractivity contribution in [1.29, 1.82) is 0 Å². The number of nitrogens with one attached hydrogen (secondary N) is 2. The quantitative estimate of drug-likeness (QED) is 0.329. The maximum Gasteiger partial charge on any atom is 0.332 e. The van der Waals surface area contributed by atoms with E-state index in [9.17, 15) is 19.2 Å². The number of carbonyl (C=O) groups is 2. The van der Waals surface area contributed by atoms with Gasteiger partial charge in [0.25, 0.3) is 11.5 Å². The summed E-state index contributed by atoms with van der Waals surface area (Å²) in [5, 5.41) is 5.79. The zero-order valence-electron chi connectivity index (χ0n) is 19.2. The molecule has 0 saturated heterocycles. The lowest BCUT2D eigenvalue weighted by Gasteiger charge is -2.14. The molecular weight excluding hydrogens is 524 g/mol. The van der Waals surface area contributed by atoms with Gasteiger partial charge in [0.1, 0.15) is 6.54 Å². The minimum absolute atomic E-state index is 0.0126. The molecule has 0 unspecified atom stereocenters. The van der Waals surface area contributed by atoms with Gasteiger partial charge in [-0.05, 0) is 48.0 Å². The highest BCUT2D eigenvalue weighted by atomic mass is 79.9. The average Bonchev–Trinajstić information content (AvgIpc) is 2.89. The Morgan fingerprint density at radius 3 is 2.36 bits per heavy atom.